The summed E-state index contributed by atoms with van der Waals surface area (Å²) in [6.45, 7) is 7.03. The van der Waals surface area contributed by atoms with Gasteiger partial charge in [0.05, 0.1) is 19.3 Å². The van der Waals surface area contributed by atoms with E-state index in [4.69, 9.17) is 9.57 Å². The lowest BCUT2D eigenvalue weighted by molar-refractivity contribution is -0.177. The van der Waals surface area contributed by atoms with Crippen LogP contribution in [0.2, 0.25) is 0 Å². The standard InChI is InChI=1S/C23H32F3N2O3S/c1-22(2,3)8-9-31-14-32-19-7-6-17(23(24,25)26)13-18(19)27-20(32)12-15-10-16(11-15)21(29)28(4)30-5/h6-7,13,15-16H,8-12,14H2,1-5H3/q+1. The number of ether oxygens (including phenoxy) is 1. The highest BCUT2D eigenvalue weighted by atomic mass is 32.2. The molecule has 1 aromatic carbocycles. The van der Waals surface area contributed by atoms with Crippen molar-refractivity contribution < 1.29 is 27.5 Å². The lowest BCUT2D eigenvalue weighted by Crippen LogP contribution is -2.40. The molecule has 1 saturated carbocycles. The molecule has 0 N–H and O–H groups in total. The zero-order valence-corrected chi connectivity index (χ0v) is 20.1. The summed E-state index contributed by atoms with van der Waals surface area (Å²) in [4.78, 5) is 21.8. The van der Waals surface area contributed by atoms with Crippen LogP contribution in [0, 0.1) is 17.3 Å². The van der Waals surface area contributed by atoms with Gasteiger partial charge in [0.2, 0.25) is 21.6 Å². The van der Waals surface area contributed by atoms with E-state index in [1.54, 1.807) is 13.1 Å². The molecule has 1 fully saturated rings. The van der Waals surface area contributed by atoms with Gasteiger partial charge in [-0.25, -0.2) is 5.06 Å². The molecule has 0 saturated heterocycles. The Morgan fingerprint density at radius 2 is 1.94 bits per heavy atom. The third kappa shape index (κ3) is 5.99. The van der Waals surface area contributed by atoms with Gasteiger partial charge in [-0.3, -0.25) is 9.63 Å². The highest BCUT2D eigenvalue weighted by molar-refractivity contribution is 7.36. The number of fused-ring (bicyclic) bond motifs is 1. The topological polar surface area (TPSA) is 51.7 Å². The van der Waals surface area contributed by atoms with Gasteiger partial charge in [0.15, 0.2) is 0 Å². The summed E-state index contributed by atoms with van der Waals surface area (Å²) < 4.78 is 46.3. The maximum Gasteiger partial charge on any atom is 0.416 e. The first-order valence-electron chi connectivity index (χ1n) is 10.8. The molecule has 0 aliphatic heterocycles. The monoisotopic (exact) mass is 473 g/mol. The highest BCUT2D eigenvalue weighted by Gasteiger charge is 2.39. The van der Waals surface area contributed by atoms with Crippen LogP contribution >= 0.6 is 10.5 Å². The molecule has 0 spiro atoms. The van der Waals surface area contributed by atoms with Gasteiger partial charge in [-0.05, 0) is 42.7 Å². The maximum absolute atomic E-state index is 13.2. The Bertz CT molecular complexity index is 946. The average molecular weight is 474 g/mol. The fraction of sp³-hybridized carbons (Fsp3) is 0.652. The molecule has 1 aliphatic rings. The third-order valence-corrected chi connectivity index (χ3v) is 8.02. The summed E-state index contributed by atoms with van der Waals surface area (Å²) in [6.07, 6.45) is -1.36. The van der Waals surface area contributed by atoms with Crippen molar-refractivity contribution in [2.45, 2.75) is 58.6 Å². The molecule has 1 amide bonds. The van der Waals surface area contributed by atoms with Gasteiger partial charge in [-0.2, -0.15) is 18.2 Å². The number of benzene rings is 1. The van der Waals surface area contributed by atoms with E-state index in [-0.39, 0.29) is 23.2 Å². The molecular weight excluding hydrogens is 441 g/mol. The van der Waals surface area contributed by atoms with Crippen LogP contribution in [0.4, 0.5) is 13.2 Å². The molecule has 9 heteroatoms. The molecular formula is C23H32F3N2O3S+. The molecule has 1 unspecified atom stereocenters. The second kappa shape index (κ2) is 9.65. The van der Waals surface area contributed by atoms with Crippen molar-refractivity contribution in [2.75, 3.05) is 20.8 Å². The molecule has 178 valence electrons. The Morgan fingerprint density at radius 3 is 2.53 bits per heavy atom. The van der Waals surface area contributed by atoms with Crippen LogP contribution in [-0.2, 0) is 32.9 Å². The second-order valence-corrected chi connectivity index (χ2v) is 11.6. The van der Waals surface area contributed by atoms with E-state index in [1.807, 2.05) is 0 Å². The number of nitrogens with zero attached hydrogens (tertiary/aromatic N) is 2. The molecule has 1 atom stereocenters. The summed E-state index contributed by atoms with van der Waals surface area (Å²) in [5.41, 5.74) is -0.142. The van der Waals surface area contributed by atoms with Gasteiger partial charge in [0, 0.05) is 35.9 Å². The van der Waals surface area contributed by atoms with Gasteiger partial charge in [-0.1, -0.05) is 20.8 Å². The number of aromatic nitrogens is 1. The number of carbonyl (C=O) groups excluding carboxylic acids is 1. The molecule has 0 bridgehead atoms. The zero-order chi connectivity index (χ0) is 23.7. The van der Waals surface area contributed by atoms with Crippen LogP contribution < -0.4 is 0 Å². The first-order chi connectivity index (χ1) is 14.9. The number of alkyl halides is 3. The van der Waals surface area contributed by atoms with Crippen LogP contribution in [-0.4, -0.2) is 36.7 Å². The number of hydrogen-bond donors (Lipinski definition) is 0. The first kappa shape index (κ1) is 24.9. The van der Waals surface area contributed by atoms with E-state index in [2.05, 4.69) is 25.8 Å². The predicted molar refractivity (Wildman–Crippen MR) is 119 cm³/mol. The number of thiazole rings is 1. The van der Waals surface area contributed by atoms with E-state index in [1.165, 1.54) is 12.2 Å². The highest BCUT2D eigenvalue weighted by Crippen LogP contribution is 2.43. The Balaban J connectivity index is 1.76. The Kier molecular flexibility index (Phi) is 7.51. The molecule has 1 heterocycles. The van der Waals surface area contributed by atoms with Gasteiger partial charge in [0.1, 0.15) is 5.52 Å². The normalized spacial score (nSPS) is 19.8. The lowest BCUT2D eigenvalue weighted by Gasteiger charge is -2.34. The van der Waals surface area contributed by atoms with Crippen LogP contribution in [0.5, 0.6) is 0 Å². The quantitative estimate of drug-likeness (QED) is 0.268. The molecule has 1 aliphatic carbocycles. The molecule has 2 aromatic rings. The van der Waals surface area contributed by atoms with Gasteiger partial charge in [0.25, 0.3) is 0 Å². The van der Waals surface area contributed by atoms with E-state index < -0.39 is 22.2 Å². The maximum atomic E-state index is 13.2. The van der Waals surface area contributed by atoms with Crippen molar-refractivity contribution in [2.24, 2.45) is 17.3 Å². The predicted octanol–water partition coefficient (Wildman–Crippen LogP) is 6.00. The van der Waals surface area contributed by atoms with E-state index in [0.29, 0.717) is 24.5 Å². The third-order valence-electron chi connectivity index (χ3n) is 5.91. The Labute approximate surface area is 189 Å². The summed E-state index contributed by atoms with van der Waals surface area (Å²) in [5, 5.41) is 2.13. The largest absolute Gasteiger partial charge is 0.416 e. The minimum absolute atomic E-state index is 0.0419. The number of rotatable bonds is 8. The van der Waals surface area contributed by atoms with Gasteiger partial charge < -0.3 is 4.74 Å². The average Bonchev–Trinajstić information content (AvgIpc) is 3.01. The van der Waals surface area contributed by atoms with Crippen molar-refractivity contribution >= 4 is 26.6 Å². The van der Waals surface area contributed by atoms with Crippen LogP contribution in [0.3, 0.4) is 0 Å². The fourth-order valence-corrected chi connectivity index (χ4v) is 5.84. The summed E-state index contributed by atoms with van der Waals surface area (Å²) in [6, 6.07) is 3.81. The summed E-state index contributed by atoms with van der Waals surface area (Å²) in [7, 11) is 2.57. The van der Waals surface area contributed by atoms with Gasteiger partial charge >= 0.3 is 6.18 Å². The van der Waals surface area contributed by atoms with Crippen molar-refractivity contribution in [1.82, 2.24) is 10.0 Å². The van der Waals surface area contributed by atoms with E-state index >= 15 is 0 Å². The summed E-state index contributed by atoms with van der Waals surface area (Å²) in [5.74, 6) is 0.596. The van der Waals surface area contributed by atoms with Crippen LogP contribution in [0.15, 0.2) is 18.2 Å². The Hall–Kier alpha value is -1.71. The number of carbonyl (C=O) groups is 1. The lowest BCUT2D eigenvalue weighted by atomic mass is 9.73. The second-order valence-electron chi connectivity index (χ2n) is 9.67. The van der Waals surface area contributed by atoms with E-state index in [9.17, 15) is 18.0 Å². The van der Waals surface area contributed by atoms with Crippen molar-refractivity contribution in [1.29, 1.82) is 0 Å². The zero-order valence-electron chi connectivity index (χ0n) is 19.3. The minimum atomic E-state index is -4.40. The van der Waals surface area contributed by atoms with Crippen molar-refractivity contribution in [3.8, 4) is 0 Å². The van der Waals surface area contributed by atoms with Crippen LogP contribution in [0.25, 0.3) is 10.2 Å². The smallest absolute Gasteiger partial charge is 0.332 e. The first-order valence-corrected chi connectivity index (χ1v) is 12.2. The fourth-order valence-electron chi connectivity index (χ4n) is 3.80. The Morgan fingerprint density at radius 1 is 1.25 bits per heavy atom. The molecule has 0 radical (unpaired) electrons. The van der Waals surface area contributed by atoms with Crippen molar-refractivity contribution in [3.63, 3.8) is 0 Å². The van der Waals surface area contributed by atoms with E-state index in [0.717, 1.165) is 41.1 Å². The number of hydrogen-bond acceptors (Lipinski definition) is 4. The minimum Gasteiger partial charge on any atom is -0.332 e. The van der Waals surface area contributed by atoms with Gasteiger partial charge in [-0.15, -0.1) is 0 Å². The molecule has 5 nitrogen and oxygen atoms in total. The number of hydroxylamine groups is 2. The number of halogens is 3. The van der Waals surface area contributed by atoms with Crippen molar-refractivity contribution in [3.05, 3.63) is 28.8 Å². The molecule has 32 heavy (non-hydrogen) atoms. The molecule has 1 aromatic heterocycles. The van der Waals surface area contributed by atoms with Crippen LogP contribution in [0.1, 0.15) is 50.6 Å². The number of amides is 1. The summed E-state index contributed by atoms with van der Waals surface area (Å²) >= 11 is 0. The SMILES string of the molecule is CON(C)C(=O)C1CC(Cc2nc3cc(C(F)(F)F)ccc3[s+]2COCCC(C)(C)C)C1. The molecule has 3 rings (SSSR count).